The van der Waals surface area contributed by atoms with Gasteiger partial charge in [0.05, 0.1) is 7.11 Å². The molecule has 0 spiro atoms. The third kappa shape index (κ3) is 1.96. The molecule has 0 amide bonds. The van der Waals surface area contributed by atoms with Crippen LogP contribution < -0.4 is 15.4 Å². The minimum atomic E-state index is 0.471. The first-order valence-electron chi connectivity index (χ1n) is 4.86. The summed E-state index contributed by atoms with van der Waals surface area (Å²) >= 11 is 0. The van der Waals surface area contributed by atoms with Crippen molar-refractivity contribution in [2.45, 2.75) is 12.5 Å². The van der Waals surface area contributed by atoms with Gasteiger partial charge in [-0.05, 0) is 25.1 Å². The van der Waals surface area contributed by atoms with E-state index >= 15 is 0 Å². The minimum absolute atomic E-state index is 0.471. The molecule has 1 fully saturated rings. The van der Waals surface area contributed by atoms with Crippen molar-refractivity contribution in [2.24, 2.45) is 0 Å². The molecule has 0 aliphatic carbocycles. The third-order valence-electron chi connectivity index (χ3n) is 2.39. The van der Waals surface area contributed by atoms with Gasteiger partial charge in [-0.25, -0.2) is 4.98 Å². The number of rotatable bonds is 3. The largest absolute Gasteiger partial charge is 0.493 e. The molecule has 1 atom stereocenters. The van der Waals surface area contributed by atoms with Gasteiger partial charge in [0.25, 0.3) is 0 Å². The highest BCUT2D eigenvalue weighted by molar-refractivity contribution is 5.50. The fraction of sp³-hybridized carbons (Fsp3) is 0.500. The molecule has 2 N–H and O–H groups in total. The van der Waals surface area contributed by atoms with Crippen molar-refractivity contribution in [3.8, 4) is 5.75 Å². The first-order chi connectivity index (χ1) is 6.90. The zero-order valence-corrected chi connectivity index (χ0v) is 8.29. The van der Waals surface area contributed by atoms with Gasteiger partial charge < -0.3 is 15.4 Å². The summed E-state index contributed by atoms with van der Waals surface area (Å²) in [5.41, 5.74) is 0. The summed E-state index contributed by atoms with van der Waals surface area (Å²) in [4.78, 5) is 4.25. The quantitative estimate of drug-likeness (QED) is 0.747. The Morgan fingerprint density at radius 3 is 3.29 bits per heavy atom. The van der Waals surface area contributed by atoms with Crippen LogP contribution in [0.4, 0.5) is 5.82 Å². The van der Waals surface area contributed by atoms with Crippen LogP contribution in [-0.4, -0.2) is 31.2 Å². The lowest BCUT2D eigenvalue weighted by atomic mass is 10.2. The fourth-order valence-corrected chi connectivity index (χ4v) is 1.63. The van der Waals surface area contributed by atoms with Crippen LogP contribution in [0.5, 0.6) is 5.75 Å². The molecule has 4 nitrogen and oxygen atoms in total. The van der Waals surface area contributed by atoms with Gasteiger partial charge in [0.2, 0.25) is 0 Å². The Hall–Kier alpha value is -1.29. The molecule has 2 rings (SSSR count). The molecule has 1 aliphatic rings. The van der Waals surface area contributed by atoms with Crippen LogP contribution in [0, 0.1) is 0 Å². The second-order valence-corrected chi connectivity index (χ2v) is 3.39. The molecule has 0 bridgehead atoms. The van der Waals surface area contributed by atoms with Crippen LogP contribution in [0.3, 0.4) is 0 Å². The van der Waals surface area contributed by atoms with Crippen molar-refractivity contribution in [3.05, 3.63) is 18.3 Å². The molecule has 1 aromatic rings. The Balaban J connectivity index is 2.07. The maximum absolute atomic E-state index is 5.21. The number of hydrogen-bond donors (Lipinski definition) is 2. The van der Waals surface area contributed by atoms with Crippen LogP contribution in [0.1, 0.15) is 6.42 Å². The summed E-state index contributed by atoms with van der Waals surface area (Å²) < 4.78 is 5.21. The smallest absolute Gasteiger partial charge is 0.168 e. The molecular weight excluding hydrogens is 178 g/mol. The molecule has 1 aromatic heterocycles. The highest BCUT2D eigenvalue weighted by Crippen LogP contribution is 2.21. The number of hydrogen-bond acceptors (Lipinski definition) is 4. The summed E-state index contributed by atoms with van der Waals surface area (Å²) in [6, 6.07) is 4.26. The SMILES string of the molecule is COc1cccnc1NC1CCNC1. The fourth-order valence-electron chi connectivity index (χ4n) is 1.63. The van der Waals surface area contributed by atoms with Gasteiger partial charge in [-0.1, -0.05) is 0 Å². The van der Waals surface area contributed by atoms with Crippen LogP contribution in [0.2, 0.25) is 0 Å². The van der Waals surface area contributed by atoms with E-state index in [4.69, 9.17) is 4.74 Å². The van der Waals surface area contributed by atoms with Crippen molar-refractivity contribution in [1.29, 1.82) is 0 Å². The predicted octanol–water partition coefficient (Wildman–Crippen LogP) is 0.864. The monoisotopic (exact) mass is 193 g/mol. The number of pyridine rings is 1. The molecule has 14 heavy (non-hydrogen) atoms. The molecule has 4 heteroatoms. The summed E-state index contributed by atoms with van der Waals surface area (Å²) in [5.74, 6) is 1.64. The third-order valence-corrected chi connectivity index (χ3v) is 2.39. The lowest BCUT2D eigenvalue weighted by Gasteiger charge is -2.14. The highest BCUT2D eigenvalue weighted by atomic mass is 16.5. The Morgan fingerprint density at radius 2 is 2.57 bits per heavy atom. The normalized spacial score (nSPS) is 20.8. The van der Waals surface area contributed by atoms with Gasteiger partial charge in [0.15, 0.2) is 11.6 Å². The second kappa shape index (κ2) is 4.28. The number of nitrogens with one attached hydrogen (secondary N) is 2. The molecule has 0 aromatic carbocycles. The molecular formula is C10H15N3O. The standard InChI is InChI=1S/C10H15N3O/c1-14-9-3-2-5-12-10(9)13-8-4-6-11-7-8/h2-3,5,8,11H,4,6-7H2,1H3,(H,12,13). The van der Waals surface area contributed by atoms with Gasteiger partial charge in [0.1, 0.15) is 0 Å². The van der Waals surface area contributed by atoms with Gasteiger partial charge in [0, 0.05) is 18.8 Å². The van der Waals surface area contributed by atoms with E-state index in [1.54, 1.807) is 13.3 Å². The van der Waals surface area contributed by atoms with E-state index in [0.29, 0.717) is 6.04 Å². The second-order valence-electron chi connectivity index (χ2n) is 3.39. The summed E-state index contributed by atoms with van der Waals surface area (Å²) in [6.07, 6.45) is 2.91. The van der Waals surface area contributed by atoms with Gasteiger partial charge in [-0.2, -0.15) is 0 Å². The number of ether oxygens (including phenoxy) is 1. The van der Waals surface area contributed by atoms with E-state index < -0.39 is 0 Å². The summed E-state index contributed by atoms with van der Waals surface area (Å²) in [7, 11) is 1.66. The predicted molar refractivity (Wildman–Crippen MR) is 55.7 cm³/mol. The molecule has 76 valence electrons. The van der Waals surface area contributed by atoms with Crippen LogP contribution in [0.15, 0.2) is 18.3 Å². The van der Waals surface area contributed by atoms with E-state index in [1.807, 2.05) is 12.1 Å². The molecule has 1 unspecified atom stereocenters. The summed E-state index contributed by atoms with van der Waals surface area (Å²) in [6.45, 7) is 2.08. The first kappa shape index (κ1) is 9.27. The molecule has 2 heterocycles. The Kier molecular flexibility index (Phi) is 2.84. The zero-order chi connectivity index (χ0) is 9.80. The van der Waals surface area contributed by atoms with E-state index in [9.17, 15) is 0 Å². The molecule has 1 saturated heterocycles. The van der Waals surface area contributed by atoms with Crippen LogP contribution in [0.25, 0.3) is 0 Å². The number of nitrogens with zero attached hydrogens (tertiary/aromatic N) is 1. The van der Waals surface area contributed by atoms with Gasteiger partial charge >= 0.3 is 0 Å². The van der Waals surface area contributed by atoms with E-state index in [0.717, 1.165) is 31.1 Å². The van der Waals surface area contributed by atoms with Crippen LogP contribution >= 0.6 is 0 Å². The van der Waals surface area contributed by atoms with Crippen molar-refractivity contribution in [1.82, 2.24) is 10.3 Å². The average molecular weight is 193 g/mol. The van der Waals surface area contributed by atoms with Crippen molar-refractivity contribution < 1.29 is 4.74 Å². The lowest BCUT2D eigenvalue weighted by molar-refractivity contribution is 0.414. The van der Waals surface area contributed by atoms with Gasteiger partial charge in [-0.15, -0.1) is 0 Å². The number of anilines is 1. The number of aromatic nitrogens is 1. The van der Waals surface area contributed by atoms with Crippen molar-refractivity contribution in [3.63, 3.8) is 0 Å². The minimum Gasteiger partial charge on any atom is -0.493 e. The van der Waals surface area contributed by atoms with Gasteiger partial charge in [-0.3, -0.25) is 0 Å². The number of methoxy groups -OCH3 is 1. The Morgan fingerprint density at radius 1 is 1.64 bits per heavy atom. The maximum atomic E-state index is 5.21. The first-order valence-corrected chi connectivity index (χ1v) is 4.86. The average Bonchev–Trinajstić information content (AvgIpc) is 2.71. The van der Waals surface area contributed by atoms with E-state index in [2.05, 4.69) is 15.6 Å². The van der Waals surface area contributed by atoms with Crippen LogP contribution in [-0.2, 0) is 0 Å². The highest BCUT2D eigenvalue weighted by Gasteiger charge is 2.15. The lowest BCUT2D eigenvalue weighted by Crippen LogP contribution is -2.22. The van der Waals surface area contributed by atoms with Crippen molar-refractivity contribution in [2.75, 3.05) is 25.5 Å². The van der Waals surface area contributed by atoms with E-state index in [-0.39, 0.29) is 0 Å². The molecule has 0 radical (unpaired) electrons. The Bertz CT molecular complexity index is 297. The summed E-state index contributed by atoms with van der Waals surface area (Å²) in [5, 5.41) is 6.66. The maximum Gasteiger partial charge on any atom is 0.168 e. The molecule has 1 aliphatic heterocycles. The zero-order valence-electron chi connectivity index (χ0n) is 8.29. The Labute approximate surface area is 83.7 Å². The topological polar surface area (TPSA) is 46.2 Å². The van der Waals surface area contributed by atoms with Crippen molar-refractivity contribution >= 4 is 5.82 Å². The molecule has 0 saturated carbocycles. The van der Waals surface area contributed by atoms with E-state index in [1.165, 1.54) is 0 Å².